The van der Waals surface area contributed by atoms with E-state index < -0.39 is 29.0 Å². The number of aliphatic hydroxyl groups is 1. The lowest BCUT2D eigenvalue weighted by Crippen LogP contribution is -2.30. The Labute approximate surface area is 209 Å². The summed E-state index contributed by atoms with van der Waals surface area (Å²) in [6, 6.07) is 5.91. The van der Waals surface area contributed by atoms with Crippen LogP contribution in [0.4, 0.5) is 24.8 Å². The Morgan fingerprint density at radius 1 is 1.14 bits per heavy atom. The van der Waals surface area contributed by atoms with Gasteiger partial charge in [-0.15, -0.1) is 0 Å². The zero-order chi connectivity index (χ0) is 27.0. The van der Waals surface area contributed by atoms with Crippen molar-refractivity contribution in [1.29, 1.82) is 0 Å². The number of aliphatic hydroxyl groups excluding tert-OH is 1. The Bertz CT molecular complexity index is 1500. The number of nitrogens with zero attached hydrogens (tertiary/aromatic N) is 4. The van der Waals surface area contributed by atoms with Gasteiger partial charge in [0.05, 0.1) is 41.6 Å². The highest BCUT2D eigenvalue weighted by molar-refractivity contribution is 6.16. The molecule has 0 bridgehead atoms. The maximum Gasteiger partial charge on any atom is 0.416 e. The van der Waals surface area contributed by atoms with Crippen LogP contribution in [0.15, 0.2) is 55.1 Å². The summed E-state index contributed by atoms with van der Waals surface area (Å²) < 4.78 is 40.5. The summed E-state index contributed by atoms with van der Waals surface area (Å²) in [7, 11) is 0. The number of hydrogen-bond acceptors (Lipinski definition) is 7. The molecule has 192 valence electrons. The van der Waals surface area contributed by atoms with Crippen LogP contribution in [0.3, 0.4) is 0 Å². The van der Waals surface area contributed by atoms with Gasteiger partial charge in [0, 0.05) is 29.5 Å². The Hall–Kier alpha value is -4.32. The summed E-state index contributed by atoms with van der Waals surface area (Å²) in [5.41, 5.74) is 5.23. The number of hydrogen-bond donors (Lipinski definition) is 3. The molecular weight excluding hydrogens is 489 g/mol. The molecule has 0 aliphatic heterocycles. The third-order valence-electron chi connectivity index (χ3n) is 5.75. The molecule has 3 heterocycles. The predicted octanol–water partition coefficient (Wildman–Crippen LogP) is 3.57. The van der Waals surface area contributed by atoms with Gasteiger partial charge in [-0.05, 0) is 31.5 Å². The minimum Gasteiger partial charge on any atom is -0.394 e. The van der Waals surface area contributed by atoms with Gasteiger partial charge in [-0.25, -0.2) is 4.98 Å². The number of amides is 1. The van der Waals surface area contributed by atoms with E-state index in [1.54, 1.807) is 24.6 Å². The monoisotopic (exact) mass is 512 g/mol. The number of halogens is 3. The average Bonchev–Trinajstić information content (AvgIpc) is 3.22. The maximum atomic E-state index is 13.4. The number of carbonyl (C=O) groups excluding carboxylic acids is 2. The smallest absolute Gasteiger partial charge is 0.394 e. The number of fused-ring (bicyclic) bond motifs is 1. The molecular formula is C25H23F3N6O3. The number of alkyl halides is 3. The van der Waals surface area contributed by atoms with Crippen LogP contribution in [0.1, 0.15) is 40.9 Å². The first-order valence-electron chi connectivity index (χ1n) is 11.1. The van der Waals surface area contributed by atoms with Gasteiger partial charge in [0.25, 0.3) is 0 Å². The predicted molar refractivity (Wildman–Crippen MR) is 130 cm³/mol. The first-order valence-corrected chi connectivity index (χ1v) is 11.1. The van der Waals surface area contributed by atoms with Gasteiger partial charge in [0.1, 0.15) is 5.65 Å². The molecule has 0 unspecified atom stereocenters. The van der Waals surface area contributed by atoms with Gasteiger partial charge < -0.3 is 20.7 Å². The summed E-state index contributed by atoms with van der Waals surface area (Å²) in [4.78, 5) is 38.1. The average molecular weight is 512 g/mol. The van der Waals surface area contributed by atoms with Crippen LogP contribution in [0, 0.1) is 0 Å². The topological polar surface area (TPSA) is 136 Å². The molecule has 0 aliphatic rings. The number of pyridine rings is 1. The van der Waals surface area contributed by atoms with Crippen LogP contribution < -0.4 is 11.1 Å². The van der Waals surface area contributed by atoms with E-state index in [0.717, 1.165) is 12.1 Å². The number of benzene rings is 1. The number of aromatic nitrogens is 4. The van der Waals surface area contributed by atoms with Gasteiger partial charge in [-0.3, -0.25) is 14.6 Å². The lowest BCUT2D eigenvalue weighted by molar-refractivity contribution is -0.137. The summed E-state index contributed by atoms with van der Waals surface area (Å²) >= 11 is 0. The number of ketones is 1. The zero-order valence-electron chi connectivity index (χ0n) is 19.9. The summed E-state index contributed by atoms with van der Waals surface area (Å²) in [6.45, 7) is 3.30. The van der Waals surface area contributed by atoms with Crippen molar-refractivity contribution in [2.45, 2.75) is 32.0 Å². The highest BCUT2D eigenvalue weighted by atomic mass is 19.4. The molecule has 37 heavy (non-hydrogen) atoms. The third kappa shape index (κ3) is 5.43. The third-order valence-corrected chi connectivity index (χ3v) is 5.75. The van der Waals surface area contributed by atoms with Crippen molar-refractivity contribution in [3.05, 3.63) is 77.4 Å². The maximum absolute atomic E-state index is 13.4. The van der Waals surface area contributed by atoms with Crippen molar-refractivity contribution in [3.63, 3.8) is 0 Å². The van der Waals surface area contributed by atoms with Crippen molar-refractivity contribution in [3.8, 4) is 0 Å². The highest BCUT2D eigenvalue weighted by Crippen LogP contribution is 2.30. The fourth-order valence-corrected chi connectivity index (χ4v) is 3.77. The fourth-order valence-electron chi connectivity index (χ4n) is 3.77. The van der Waals surface area contributed by atoms with E-state index in [4.69, 9.17) is 5.73 Å². The number of nitrogens with two attached hydrogens (primary N) is 1. The molecule has 0 aliphatic carbocycles. The number of rotatable bonds is 7. The van der Waals surface area contributed by atoms with Crippen molar-refractivity contribution < 1.29 is 27.9 Å². The number of carbonyl (C=O) groups is 2. The minimum atomic E-state index is -4.52. The van der Waals surface area contributed by atoms with E-state index >= 15 is 0 Å². The molecule has 4 aromatic rings. The highest BCUT2D eigenvalue weighted by Gasteiger charge is 2.30. The molecule has 12 heteroatoms. The standard InChI is InChI=1S/C25H23F3N6O3/c1-24(2,13-35)34-12-19(18-11-31-23(29)33-22(18)34)21(37)15-8-17(10-30-9-15)32-20(36)7-14-4-3-5-16(6-14)25(26,27)28/h3-6,8-12,35H,7,13H2,1-2H3,(H,32,36)(H2,29,31,33). The van der Waals surface area contributed by atoms with Crippen molar-refractivity contribution in [1.82, 2.24) is 19.5 Å². The van der Waals surface area contributed by atoms with Gasteiger partial charge in [-0.2, -0.15) is 18.2 Å². The number of anilines is 2. The molecule has 0 fully saturated rings. The summed E-state index contributed by atoms with van der Waals surface area (Å²) in [5, 5.41) is 12.8. The van der Waals surface area contributed by atoms with Crippen LogP contribution in [0.2, 0.25) is 0 Å². The molecule has 0 saturated carbocycles. The van der Waals surface area contributed by atoms with Crippen LogP contribution in [-0.2, 0) is 22.9 Å². The van der Waals surface area contributed by atoms with Crippen LogP contribution >= 0.6 is 0 Å². The van der Waals surface area contributed by atoms with Crippen molar-refractivity contribution in [2.75, 3.05) is 17.7 Å². The summed E-state index contributed by atoms with van der Waals surface area (Å²) in [5.74, 6) is -1.00. The fraction of sp³-hybridized carbons (Fsp3) is 0.240. The van der Waals surface area contributed by atoms with Gasteiger partial charge in [0.2, 0.25) is 11.9 Å². The molecule has 4 rings (SSSR count). The number of nitrogen functional groups attached to an aromatic ring is 1. The molecule has 0 saturated heterocycles. The van der Waals surface area contributed by atoms with E-state index in [1.165, 1.54) is 36.8 Å². The lowest BCUT2D eigenvalue weighted by Gasteiger charge is -2.24. The second-order valence-corrected chi connectivity index (χ2v) is 9.06. The SMILES string of the molecule is CC(C)(CO)n1cc(C(=O)c2cncc(NC(=O)Cc3cccc(C(F)(F)F)c3)c2)c2cnc(N)nc21. The first-order chi connectivity index (χ1) is 17.4. The Kier molecular flexibility index (Phi) is 6.70. The quantitative estimate of drug-likeness (QED) is 0.322. The second kappa shape index (κ2) is 9.62. The largest absolute Gasteiger partial charge is 0.416 e. The van der Waals surface area contributed by atoms with E-state index in [2.05, 4.69) is 20.3 Å². The molecule has 0 radical (unpaired) electrons. The Balaban J connectivity index is 1.59. The molecule has 9 nitrogen and oxygen atoms in total. The van der Waals surface area contributed by atoms with E-state index in [9.17, 15) is 27.9 Å². The van der Waals surface area contributed by atoms with Gasteiger partial charge in [0.15, 0.2) is 5.78 Å². The van der Waals surface area contributed by atoms with E-state index in [1.807, 2.05) is 0 Å². The lowest BCUT2D eigenvalue weighted by atomic mass is 10.1. The van der Waals surface area contributed by atoms with Crippen molar-refractivity contribution in [2.24, 2.45) is 0 Å². The Morgan fingerprint density at radius 3 is 2.59 bits per heavy atom. The molecule has 0 spiro atoms. The molecule has 0 atom stereocenters. The summed E-state index contributed by atoms with van der Waals surface area (Å²) in [6.07, 6.45) is 0.799. The molecule has 3 aromatic heterocycles. The Morgan fingerprint density at radius 2 is 1.89 bits per heavy atom. The molecule has 4 N–H and O–H groups in total. The van der Waals surface area contributed by atoms with E-state index in [0.29, 0.717) is 11.0 Å². The minimum absolute atomic E-state index is 0.00624. The first kappa shape index (κ1) is 25.8. The van der Waals surface area contributed by atoms with Crippen LogP contribution in [0.5, 0.6) is 0 Å². The molecule has 1 amide bonds. The van der Waals surface area contributed by atoms with Gasteiger partial charge in [-0.1, -0.05) is 18.2 Å². The number of nitrogens with one attached hydrogen (secondary N) is 1. The van der Waals surface area contributed by atoms with Crippen LogP contribution in [-0.4, -0.2) is 42.9 Å². The van der Waals surface area contributed by atoms with Gasteiger partial charge >= 0.3 is 6.18 Å². The zero-order valence-corrected chi connectivity index (χ0v) is 19.9. The second-order valence-electron chi connectivity index (χ2n) is 9.06. The van der Waals surface area contributed by atoms with Crippen molar-refractivity contribution >= 4 is 34.4 Å². The van der Waals surface area contributed by atoms with E-state index in [-0.39, 0.29) is 41.4 Å². The molecule has 1 aromatic carbocycles. The van der Waals surface area contributed by atoms with Crippen LogP contribution in [0.25, 0.3) is 11.0 Å². The normalized spacial score (nSPS) is 12.1.